The average Bonchev–Trinajstić information content (AvgIpc) is 2.33. The Morgan fingerprint density at radius 1 is 1.22 bits per heavy atom. The fourth-order valence-corrected chi connectivity index (χ4v) is 1.23. The number of nitrogens with one attached hydrogen (secondary N) is 1. The Balaban J connectivity index is 2.33. The summed E-state index contributed by atoms with van der Waals surface area (Å²) in [5.41, 5.74) is 5.30. The summed E-state index contributed by atoms with van der Waals surface area (Å²) in [6.07, 6.45) is 0. The Bertz CT molecular complexity index is 578. The number of methoxy groups -OCH3 is 1. The third-order valence-corrected chi connectivity index (χ3v) is 1.99. The Labute approximate surface area is 101 Å². The minimum Gasteiger partial charge on any atom is -0.467 e. The van der Waals surface area contributed by atoms with Gasteiger partial charge >= 0.3 is 6.01 Å². The number of nitrogens with zero attached hydrogens (tertiary/aromatic N) is 3. The highest BCUT2D eigenvalue weighted by molar-refractivity contribution is 5.54. The van der Waals surface area contributed by atoms with Crippen molar-refractivity contribution in [3.8, 4) is 6.01 Å². The lowest BCUT2D eigenvalue weighted by molar-refractivity contribution is 0.380. The van der Waals surface area contributed by atoms with Gasteiger partial charge in [0.15, 0.2) is 0 Å². The second kappa shape index (κ2) is 4.78. The minimum atomic E-state index is -0.644. The Kier molecular flexibility index (Phi) is 3.18. The molecule has 2 aromatic rings. The maximum Gasteiger partial charge on any atom is 0.322 e. The van der Waals surface area contributed by atoms with E-state index in [1.807, 2.05) is 0 Å². The summed E-state index contributed by atoms with van der Waals surface area (Å²) < 4.78 is 31.1. The first-order valence-electron chi connectivity index (χ1n) is 4.86. The number of aromatic nitrogens is 3. The molecule has 0 unspecified atom stereocenters. The van der Waals surface area contributed by atoms with E-state index in [4.69, 9.17) is 10.5 Å². The first-order valence-corrected chi connectivity index (χ1v) is 4.86. The van der Waals surface area contributed by atoms with Crippen molar-refractivity contribution in [3.63, 3.8) is 0 Å². The van der Waals surface area contributed by atoms with Gasteiger partial charge in [-0.15, -0.1) is 0 Å². The molecule has 0 atom stereocenters. The molecule has 1 heterocycles. The number of nitrogen functional groups attached to an aromatic ring is 1. The van der Waals surface area contributed by atoms with Gasteiger partial charge in [0, 0.05) is 6.07 Å². The van der Waals surface area contributed by atoms with Crippen molar-refractivity contribution < 1.29 is 13.5 Å². The first-order chi connectivity index (χ1) is 8.58. The molecular formula is C10H9F2N5O. The fraction of sp³-hybridized carbons (Fsp3) is 0.100. The van der Waals surface area contributed by atoms with Crippen molar-refractivity contribution in [3.05, 3.63) is 29.8 Å². The normalized spacial score (nSPS) is 10.2. The summed E-state index contributed by atoms with van der Waals surface area (Å²) in [7, 11) is 1.35. The van der Waals surface area contributed by atoms with E-state index in [2.05, 4.69) is 20.3 Å². The summed E-state index contributed by atoms with van der Waals surface area (Å²) in [6.45, 7) is 0. The third kappa shape index (κ3) is 2.59. The van der Waals surface area contributed by atoms with Crippen LogP contribution in [0.4, 0.5) is 26.4 Å². The number of benzene rings is 1. The number of nitrogens with two attached hydrogens (primary N) is 1. The van der Waals surface area contributed by atoms with E-state index >= 15 is 0 Å². The van der Waals surface area contributed by atoms with Crippen LogP contribution in [0.1, 0.15) is 0 Å². The molecule has 0 aliphatic heterocycles. The zero-order chi connectivity index (χ0) is 13.1. The van der Waals surface area contributed by atoms with Crippen molar-refractivity contribution in [2.45, 2.75) is 0 Å². The van der Waals surface area contributed by atoms with E-state index in [1.54, 1.807) is 0 Å². The Morgan fingerprint density at radius 2 is 2.00 bits per heavy atom. The van der Waals surface area contributed by atoms with Crippen LogP contribution in [0.2, 0.25) is 0 Å². The predicted octanol–water partition coefficient (Wildman–Crippen LogP) is 1.48. The molecule has 3 N–H and O–H groups in total. The predicted molar refractivity (Wildman–Crippen MR) is 60.4 cm³/mol. The SMILES string of the molecule is COc1nc(N)nc(Nc2cc(F)ccc2F)n1. The molecule has 1 aromatic heterocycles. The third-order valence-electron chi connectivity index (χ3n) is 1.99. The largest absolute Gasteiger partial charge is 0.467 e. The Morgan fingerprint density at radius 3 is 2.72 bits per heavy atom. The van der Waals surface area contributed by atoms with Gasteiger partial charge in [-0.2, -0.15) is 15.0 Å². The number of ether oxygens (including phenoxy) is 1. The van der Waals surface area contributed by atoms with Gasteiger partial charge in [-0.1, -0.05) is 0 Å². The number of halogens is 2. The summed E-state index contributed by atoms with van der Waals surface area (Å²) in [5.74, 6) is -1.37. The van der Waals surface area contributed by atoms with Gasteiger partial charge in [0.1, 0.15) is 11.6 Å². The number of hydrogen-bond acceptors (Lipinski definition) is 6. The summed E-state index contributed by atoms with van der Waals surface area (Å²) >= 11 is 0. The fourth-order valence-electron chi connectivity index (χ4n) is 1.23. The molecule has 0 aliphatic rings. The van der Waals surface area contributed by atoms with Crippen LogP contribution in [0.15, 0.2) is 18.2 Å². The molecule has 0 fully saturated rings. The van der Waals surface area contributed by atoms with Gasteiger partial charge in [0.05, 0.1) is 12.8 Å². The molecular weight excluding hydrogens is 244 g/mol. The van der Waals surface area contributed by atoms with E-state index in [9.17, 15) is 8.78 Å². The van der Waals surface area contributed by atoms with Crippen LogP contribution < -0.4 is 15.8 Å². The highest BCUT2D eigenvalue weighted by Crippen LogP contribution is 2.19. The summed E-state index contributed by atoms with van der Waals surface area (Å²) in [6, 6.07) is 2.94. The van der Waals surface area contributed by atoms with Crippen molar-refractivity contribution in [2.75, 3.05) is 18.2 Å². The molecule has 0 aliphatic carbocycles. The smallest absolute Gasteiger partial charge is 0.322 e. The van der Waals surface area contributed by atoms with Crippen LogP contribution in [0.5, 0.6) is 6.01 Å². The van der Waals surface area contributed by atoms with Crippen LogP contribution in [0, 0.1) is 11.6 Å². The second-order valence-electron chi connectivity index (χ2n) is 3.25. The Hall–Kier alpha value is -2.51. The molecule has 0 amide bonds. The van der Waals surface area contributed by atoms with Crippen LogP contribution in [-0.4, -0.2) is 22.1 Å². The van der Waals surface area contributed by atoms with Crippen molar-refractivity contribution in [2.24, 2.45) is 0 Å². The highest BCUT2D eigenvalue weighted by atomic mass is 19.1. The number of hydrogen-bond donors (Lipinski definition) is 2. The molecule has 1 aromatic carbocycles. The van der Waals surface area contributed by atoms with Gasteiger partial charge in [-0.05, 0) is 12.1 Å². The molecule has 94 valence electrons. The number of rotatable bonds is 3. The maximum atomic E-state index is 13.4. The molecule has 0 saturated carbocycles. The van der Waals surface area contributed by atoms with Crippen LogP contribution >= 0.6 is 0 Å². The highest BCUT2D eigenvalue weighted by Gasteiger charge is 2.08. The molecule has 18 heavy (non-hydrogen) atoms. The topological polar surface area (TPSA) is 86.0 Å². The standard InChI is InChI=1S/C10H9F2N5O/c1-18-10-16-8(13)15-9(17-10)14-7-4-5(11)2-3-6(7)12/h2-4H,1H3,(H3,13,14,15,16,17). The van der Waals surface area contributed by atoms with E-state index in [0.717, 1.165) is 18.2 Å². The van der Waals surface area contributed by atoms with E-state index in [1.165, 1.54) is 7.11 Å². The molecule has 0 radical (unpaired) electrons. The van der Waals surface area contributed by atoms with Crippen molar-refractivity contribution in [1.82, 2.24) is 15.0 Å². The zero-order valence-corrected chi connectivity index (χ0v) is 9.32. The van der Waals surface area contributed by atoms with E-state index in [0.29, 0.717) is 0 Å². The van der Waals surface area contributed by atoms with Crippen LogP contribution in [0.25, 0.3) is 0 Å². The first kappa shape index (κ1) is 12.0. The van der Waals surface area contributed by atoms with Gasteiger partial charge in [0.2, 0.25) is 11.9 Å². The van der Waals surface area contributed by atoms with Gasteiger partial charge in [0.25, 0.3) is 0 Å². The van der Waals surface area contributed by atoms with Gasteiger partial charge in [-0.3, -0.25) is 0 Å². The monoisotopic (exact) mass is 253 g/mol. The minimum absolute atomic E-state index is 0.0261. The van der Waals surface area contributed by atoms with E-state index < -0.39 is 11.6 Å². The van der Waals surface area contributed by atoms with Gasteiger partial charge < -0.3 is 15.8 Å². The molecule has 6 nitrogen and oxygen atoms in total. The van der Waals surface area contributed by atoms with E-state index in [-0.39, 0.29) is 23.6 Å². The second-order valence-corrected chi connectivity index (χ2v) is 3.25. The molecule has 0 saturated heterocycles. The quantitative estimate of drug-likeness (QED) is 0.861. The summed E-state index contributed by atoms with van der Waals surface area (Å²) in [5, 5.41) is 2.49. The number of anilines is 3. The summed E-state index contributed by atoms with van der Waals surface area (Å²) in [4.78, 5) is 11.2. The average molecular weight is 253 g/mol. The lowest BCUT2D eigenvalue weighted by Crippen LogP contribution is -2.06. The van der Waals surface area contributed by atoms with Crippen molar-refractivity contribution in [1.29, 1.82) is 0 Å². The lowest BCUT2D eigenvalue weighted by Gasteiger charge is -2.07. The van der Waals surface area contributed by atoms with Crippen LogP contribution in [-0.2, 0) is 0 Å². The lowest BCUT2D eigenvalue weighted by atomic mass is 10.3. The molecule has 8 heteroatoms. The molecule has 0 spiro atoms. The van der Waals surface area contributed by atoms with Crippen LogP contribution in [0.3, 0.4) is 0 Å². The molecule has 2 rings (SSSR count). The van der Waals surface area contributed by atoms with Crippen molar-refractivity contribution >= 4 is 17.6 Å². The maximum absolute atomic E-state index is 13.4. The zero-order valence-electron chi connectivity index (χ0n) is 9.32. The van der Waals surface area contributed by atoms with Gasteiger partial charge in [-0.25, -0.2) is 8.78 Å². The molecule has 0 bridgehead atoms.